The van der Waals surface area contributed by atoms with E-state index < -0.39 is 0 Å². The Hall–Kier alpha value is -2.10. The average molecular weight is 254 g/mol. The summed E-state index contributed by atoms with van der Waals surface area (Å²) in [6, 6.07) is 17.2. The van der Waals surface area contributed by atoms with Crippen LogP contribution in [0.25, 0.3) is 6.08 Å². The molecule has 0 fully saturated rings. The third-order valence-electron chi connectivity index (χ3n) is 2.77. The lowest BCUT2D eigenvalue weighted by molar-refractivity contribution is 0.306. The van der Waals surface area contributed by atoms with Crippen LogP contribution in [0.5, 0.6) is 5.75 Å². The van der Waals surface area contributed by atoms with E-state index in [0.717, 1.165) is 5.56 Å². The van der Waals surface area contributed by atoms with Gasteiger partial charge in [-0.15, -0.1) is 0 Å². The molecule has 19 heavy (non-hydrogen) atoms. The minimum atomic E-state index is 0.274. The second kappa shape index (κ2) is 6.73. The minimum Gasteiger partial charge on any atom is -0.508 e. The molecular formula is C16H18N2O. The Labute approximate surface area is 113 Å². The molecule has 98 valence electrons. The molecule has 0 saturated carbocycles. The van der Waals surface area contributed by atoms with Crippen LogP contribution < -0.4 is 5.84 Å². The Balaban J connectivity index is 1.83. The molecule has 0 saturated heterocycles. The summed E-state index contributed by atoms with van der Waals surface area (Å²) in [5.41, 5.74) is 2.24. The third kappa shape index (κ3) is 4.58. The monoisotopic (exact) mass is 254 g/mol. The number of aromatic hydroxyl groups is 1. The van der Waals surface area contributed by atoms with Gasteiger partial charge < -0.3 is 5.11 Å². The van der Waals surface area contributed by atoms with Crippen molar-refractivity contribution >= 4 is 6.08 Å². The van der Waals surface area contributed by atoms with E-state index in [9.17, 15) is 5.11 Å². The molecule has 0 spiro atoms. The minimum absolute atomic E-state index is 0.274. The molecule has 0 amide bonds. The molecule has 2 rings (SSSR count). The van der Waals surface area contributed by atoms with Gasteiger partial charge in [-0.05, 0) is 23.3 Å². The first-order valence-corrected chi connectivity index (χ1v) is 6.23. The highest BCUT2D eigenvalue weighted by Gasteiger charge is 1.98. The number of benzene rings is 2. The van der Waals surface area contributed by atoms with Gasteiger partial charge in [0.05, 0.1) is 0 Å². The van der Waals surface area contributed by atoms with Crippen molar-refractivity contribution in [1.29, 1.82) is 0 Å². The lowest BCUT2D eigenvalue weighted by atomic mass is 10.2. The maximum atomic E-state index is 9.20. The van der Waals surface area contributed by atoms with Crippen molar-refractivity contribution in [2.45, 2.75) is 6.54 Å². The zero-order chi connectivity index (χ0) is 13.5. The quantitative estimate of drug-likeness (QED) is 0.637. The van der Waals surface area contributed by atoms with Crippen molar-refractivity contribution < 1.29 is 5.11 Å². The molecular weight excluding hydrogens is 236 g/mol. The molecule has 0 heterocycles. The molecule has 0 unspecified atom stereocenters. The van der Waals surface area contributed by atoms with Gasteiger partial charge in [0.1, 0.15) is 5.75 Å². The molecule has 0 aliphatic rings. The summed E-state index contributed by atoms with van der Waals surface area (Å²) < 4.78 is 0. The van der Waals surface area contributed by atoms with E-state index in [-0.39, 0.29) is 5.75 Å². The van der Waals surface area contributed by atoms with Crippen LogP contribution in [0.2, 0.25) is 0 Å². The van der Waals surface area contributed by atoms with Gasteiger partial charge >= 0.3 is 0 Å². The maximum Gasteiger partial charge on any atom is 0.115 e. The van der Waals surface area contributed by atoms with Crippen LogP contribution in [0.1, 0.15) is 11.1 Å². The lowest BCUT2D eigenvalue weighted by Gasteiger charge is -2.13. The summed E-state index contributed by atoms with van der Waals surface area (Å²) in [4.78, 5) is 0. The zero-order valence-electron chi connectivity index (χ0n) is 10.7. The van der Waals surface area contributed by atoms with Crippen molar-refractivity contribution in [2.24, 2.45) is 5.84 Å². The van der Waals surface area contributed by atoms with Crippen LogP contribution >= 0.6 is 0 Å². The topological polar surface area (TPSA) is 49.5 Å². The molecule has 2 aromatic rings. The summed E-state index contributed by atoms with van der Waals surface area (Å²) >= 11 is 0. The predicted molar refractivity (Wildman–Crippen MR) is 78.2 cm³/mol. The molecule has 0 bridgehead atoms. The van der Waals surface area contributed by atoms with E-state index in [2.05, 4.69) is 18.2 Å². The molecule has 2 aromatic carbocycles. The summed E-state index contributed by atoms with van der Waals surface area (Å²) in [6.07, 6.45) is 4.09. The molecule has 0 atom stereocenters. The SMILES string of the molecule is NN(CC=Cc1ccccc1)Cc1ccc(O)cc1. The van der Waals surface area contributed by atoms with Crippen molar-refractivity contribution in [3.05, 3.63) is 71.8 Å². The molecule has 0 radical (unpaired) electrons. The first-order chi connectivity index (χ1) is 9.24. The fourth-order valence-corrected chi connectivity index (χ4v) is 1.79. The van der Waals surface area contributed by atoms with Crippen LogP contribution in [-0.4, -0.2) is 16.7 Å². The van der Waals surface area contributed by atoms with Crippen LogP contribution in [0, 0.1) is 0 Å². The summed E-state index contributed by atoms with van der Waals surface area (Å²) in [5, 5.41) is 10.9. The first-order valence-electron chi connectivity index (χ1n) is 6.23. The Morgan fingerprint density at radius 1 is 1.00 bits per heavy atom. The predicted octanol–water partition coefficient (Wildman–Crippen LogP) is 2.78. The molecule has 0 aromatic heterocycles. The van der Waals surface area contributed by atoms with Crippen molar-refractivity contribution in [2.75, 3.05) is 6.54 Å². The normalized spacial score (nSPS) is 11.3. The molecule has 0 aliphatic heterocycles. The van der Waals surface area contributed by atoms with Gasteiger partial charge in [0.25, 0.3) is 0 Å². The lowest BCUT2D eigenvalue weighted by Crippen LogP contribution is -2.30. The molecule has 3 heteroatoms. The average Bonchev–Trinajstić information content (AvgIpc) is 2.43. The van der Waals surface area contributed by atoms with Gasteiger partial charge in [0.15, 0.2) is 0 Å². The van der Waals surface area contributed by atoms with Gasteiger partial charge in [-0.2, -0.15) is 0 Å². The highest BCUT2D eigenvalue weighted by atomic mass is 16.3. The Kier molecular flexibility index (Phi) is 4.72. The smallest absolute Gasteiger partial charge is 0.115 e. The summed E-state index contributed by atoms with van der Waals surface area (Å²) in [5.74, 6) is 6.20. The van der Waals surface area contributed by atoms with Crippen molar-refractivity contribution in [3.8, 4) is 5.75 Å². The fraction of sp³-hybridized carbons (Fsp3) is 0.125. The van der Waals surface area contributed by atoms with Crippen LogP contribution in [0.4, 0.5) is 0 Å². The summed E-state index contributed by atoms with van der Waals surface area (Å²) in [7, 11) is 0. The first kappa shape index (κ1) is 13.3. The number of nitrogens with zero attached hydrogens (tertiary/aromatic N) is 1. The second-order valence-corrected chi connectivity index (χ2v) is 4.41. The van der Waals surface area contributed by atoms with Gasteiger partial charge in [-0.3, -0.25) is 5.84 Å². The van der Waals surface area contributed by atoms with E-state index in [4.69, 9.17) is 5.84 Å². The number of phenols is 1. The van der Waals surface area contributed by atoms with Crippen LogP contribution in [0.15, 0.2) is 60.7 Å². The van der Waals surface area contributed by atoms with Crippen LogP contribution in [-0.2, 0) is 6.54 Å². The van der Waals surface area contributed by atoms with Crippen LogP contribution in [0.3, 0.4) is 0 Å². The Morgan fingerprint density at radius 2 is 1.68 bits per heavy atom. The third-order valence-corrected chi connectivity index (χ3v) is 2.77. The molecule has 3 N–H and O–H groups in total. The standard InChI is InChI=1S/C16H18N2O/c17-18(13-15-8-10-16(19)11-9-15)12-4-7-14-5-2-1-3-6-14/h1-11,19H,12-13,17H2. The van der Waals surface area contributed by atoms with Crippen molar-refractivity contribution in [1.82, 2.24) is 5.01 Å². The molecule has 3 nitrogen and oxygen atoms in total. The maximum absolute atomic E-state index is 9.20. The van der Waals surface area contributed by atoms with E-state index in [1.165, 1.54) is 5.56 Å². The van der Waals surface area contributed by atoms with E-state index in [1.54, 1.807) is 17.1 Å². The Morgan fingerprint density at radius 3 is 2.37 bits per heavy atom. The highest BCUT2D eigenvalue weighted by Crippen LogP contribution is 2.10. The second-order valence-electron chi connectivity index (χ2n) is 4.41. The molecule has 0 aliphatic carbocycles. The Bertz CT molecular complexity index is 520. The van der Waals surface area contributed by atoms with Gasteiger partial charge in [0.2, 0.25) is 0 Å². The van der Waals surface area contributed by atoms with Crippen molar-refractivity contribution in [3.63, 3.8) is 0 Å². The number of phenolic OH excluding ortho intramolecular Hbond substituents is 1. The number of hydrazine groups is 1. The van der Waals surface area contributed by atoms with Gasteiger partial charge in [-0.1, -0.05) is 54.6 Å². The number of hydrogen-bond acceptors (Lipinski definition) is 3. The zero-order valence-corrected chi connectivity index (χ0v) is 10.7. The summed E-state index contributed by atoms with van der Waals surface area (Å²) in [6.45, 7) is 1.33. The number of rotatable bonds is 5. The largest absolute Gasteiger partial charge is 0.508 e. The highest BCUT2D eigenvalue weighted by molar-refractivity contribution is 5.48. The fourth-order valence-electron chi connectivity index (χ4n) is 1.79. The van der Waals surface area contributed by atoms with Gasteiger partial charge in [0, 0.05) is 13.1 Å². The van der Waals surface area contributed by atoms with E-state index in [1.807, 2.05) is 36.4 Å². The van der Waals surface area contributed by atoms with Gasteiger partial charge in [-0.25, -0.2) is 5.01 Å². The van der Waals surface area contributed by atoms with E-state index >= 15 is 0 Å². The van der Waals surface area contributed by atoms with E-state index in [0.29, 0.717) is 13.1 Å². The number of hydrogen-bond donors (Lipinski definition) is 2. The number of nitrogens with two attached hydrogens (primary N) is 1.